The lowest BCUT2D eigenvalue weighted by molar-refractivity contribution is 0.0927. The van der Waals surface area contributed by atoms with Gasteiger partial charge in [0.1, 0.15) is 4.90 Å². The molecule has 0 aliphatic carbocycles. The summed E-state index contributed by atoms with van der Waals surface area (Å²) in [5.41, 5.74) is 0.207. The molecular weight excluding hydrogens is 314 g/mol. The molecule has 1 unspecified atom stereocenters. The number of nitrogens with one attached hydrogen (secondary N) is 2. The Kier molecular flexibility index (Phi) is 6.22. The summed E-state index contributed by atoms with van der Waals surface area (Å²) in [7, 11) is 1.41. The van der Waals surface area contributed by atoms with E-state index in [1.54, 1.807) is 0 Å². The van der Waals surface area contributed by atoms with E-state index in [4.69, 9.17) is 10.7 Å². The van der Waals surface area contributed by atoms with Crippen molar-refractivity contribution in [2.45, 2.75) is 57.9 Å². The molecule has 6 nitrogen and oxygen atoms in total. The van der Waals surface area contributed by atoms with Crippen molar-refractivity contribution < 1.29 is 13.2 Å². The van der Waals surface area contributed by atoms with Crippen LogP contribution in [0.15, 0.2) is 4.90 Å². The fraction of sp³-hybridized carbons (Fsp3) is 0.692. The molecule has 8 heteroatoms. The molecule has 0 aliphatic heterocycles. The topological polar surface area (TPSA) is 91.9 Å². The standard InChI is InChI=1S/C13H22ClN3O3S/c1-5-6-10-12(21(14,19)20)11(17-16-10)13(18)15-9(4)7-8(2)3/h8-9H,5-7H2,1-4H3,(H,15,18)(H,16,17). The number of aromatic nitrogens is 2. The molecule has 120 valence electrons. The summed E-state index contributed by atoms with van der Waals surface area (Å²) in [5, 5.41) is 9.19. The van der Waals surface area contributed by atoms with E-state index in [-0.39, 0.29) is 16.6 Å². The van der Waals surface area contributed by atoms with Crippen LogP contribution in [0.2, 0.25) is 0 Å². The first-order valence-electron chi connectivity index (χ1n) is 6.99. The first-order chi connectivity index (χ1) is 9.66. The zero-order chi connectivity index (χ0) is 16.2. The summed E-state index contributed by atoms with van der Waals surface area (Å²) in [6.45, 7) is 7.86. The molecule has 0 fully saturated rings. The van der Waals surface area contributed by atoms with E-state index in [0.717, 1.165) is 6.42 Å². The van der Waals surface area contributed by atoms with Crippen molar-refractivity contribution in [3.05, 3.63) is 11.4 Å². The molecule has 0 radical (unpaired) electrons. The number of aromatic amines is 1. The summed E-state index contributed by atoms with van der Waals surface area (Å²) >= 11 is 0. The molecule has 1 heterocycles. The zero-order valence-electron chi connectivity index (χ0n) is 12.7. The fourth-order valence-electron chi connectivity index (χ4n) is 2.26. The van der Waals surface area contributed by atoms with Gasteiger partial charge in [0.25, 0.3) is 15.0 Å². The predicted octanol–water partition coefficient (Wildman–Crippen LogP) is 2.45. The van der Waals surface area contributed by atoms with Gasteiger partial charge in [-0.3, -0.25) is 9.89 Å². The molecule has 2 N–H and O–H groups in total. The van der Waals surface area contributed by atoms with Crippen LogP contribution in [0.1, 0.15) is 56.7 Å². The Bertz CT molecular complexity index is 596. The number of aryl methyl sites for hydroxylation is 1. The maximum atomic E-state index is 12.2. The first-order valence-corrected chi connectivity index (χ1v) is 9.30. The highest BCUT2D eigenvalue weighted by molar-refractivity contribution is 8.13. The Morgan fingerprint density at radius 1 is 1.38 bits per heavy atom. The van der Waals surface area contributed by atoms with Crippen LogP contribution in [0.3, 0.4) is 0 Å². The molecule has 0 bridgehead atoms. The van der Waals surface area contributed by atoms with E-state index in [1.165, 1.54) is 0 Å². The number of carbonyl (C=O) groups excluding carboxylic acids is 1. The highest BCUT2D eigenvalue weighted by Gasteiger charge is 2.28. The molecule has 0 aromatic carbocycles. The predicted molar refractivity (Wildman–Crippen MR) is 82.0 cm³/mol. The van der Waals surface area contributed by atoms with Gasteiger partial charge < -0.3 is 5.32 Å². The summed E-state index contributed by atoms with van der Waals surface area (Å²) < 4.78 is 23.4. The minimum atomic E-state index is -4.03. The van der Waals surface area contributed by atoms with Crippen LogP contribution >= 0.6 is 10.7 Å². The van der Waals surface area contributed by atoms with E-state index >= 15 is 0 Å². The Balaban J connectivity index is 3.05. The number of rotatable bonds is 7. The average molecular weight is 336 g/mol. The van der Waals surface area contributed by atoms with Gasteiger partial charge in [0.15, 0.2) is 5.69 Å². The lowest BCUT2D eigenvalue weighted by Gasteiger charge is -2.15. The van der Waals surface area contributed by atoms with Crippen LogP contribution in [-0.4, -0.2) is 30.6 Å². The van der Waals surface area contributed by atoms with E-state index in [0.29, 0.717) is 24.5 Å². The van der Waals surface area contributed by atoms with Gasteiger partial charge in [-0.25, -0.2) is 8.42 Å². The molecule has 0 saturated heterocycles. The lowest BCUT2D eigenvalue weighted by Crippen LogP contribution is -2.34. The van der Waals surface area contributed by atoms with E-state index in [9.17, 15) is 13.2 Å². The minimum absolute atomic E-state index is 0.0743. The molecule has 0 spiro atoms. The molecule has 1 amide bonds. The number of nitrogens with zero attached hydrogens (tertiary/aromatic N) is 1. The second kappa shape index (κ2) is 7.26. The van der Waals surface area contributed by atoms with Crippen LogP contribution in [0.5, 0.6) is 0 Å². The number of hydrogen-bond donors (Lipinski definition) is 2. The maximum absolute atomic E-state index is 12.2. The second-order valence-corrected chi connectivity index (χ2v) is 8.07. The highest BCUT2D eigenvalue weighted by atomic mass is 35.7. The number of carbonyl (C=O) groups is 1. The molecule has 0 aliphatic rings. The van der Waals surface area contributed by atoms with E-state index < -0.39 is 15.0 Å². The van der Waals surface area contributed by atoms with Crippen LogP contribution in [0.4, 0.5) is 0 Å². The molecule has 1 rings (SSSR count). The lowest BCUT2D eigenvalue weighted by atomic mass is 10.1. The fourth-order valence-corrected chi connectivity index (χ4v) is 3.57. The Morgan fingerprint density at radius 3 is 2.48 bits per heavy atom. The van der Waals surface area contributed by atoms with Gasteiger partial charge >= 0.3 is 0 Å². The molecule has 1 aromatic rings. The third-order valence-corrected chi connectivity index (χ3v) is 4.34. The normalized spacial score (nSPS) is 13.4. The molecular formula is C13H22ClN3O3S. The minimum Gasteiger partial charge on any atom is -0.348 e. The van der Waals surface area contributed by atoms with Gasteiger partial charge in [-0.15, -0.1) is 0 Å². The zero-order valence-corrected chi connectivity index (χ0v) is 14.3. The molecule has 21 heavy (non-hydrogen) atoms. The van der Waals surface area contributed by atoms with Gasteiger partial charge in [-0.2, -0.15) is 5.10 Å². The van der Waals surface area contributed by atoms with Crippen molar-refractivity contribution in [2.75, 3.05) is 0 Å². The van der Waals surface area contributed by atoms with Crippen molar-refractivity contribution in [2.24, 2.45) is 5.92 Å². The van der Waals surface area contributed by atoms with Crippen molar-refractivity contribution in [3.8, 4) is 0 Å². The van der Waals surface area contributed by atoms with E-state index in [2.05, 4.69) is 15.5 Å². The summed E-state index contributed by atoms with van der Waals surface area (Å²) in [6, 6.07) is -0.0743. The smallest absolute Gasteiger partial charge is 0.273 e. The van der Waals surface area contributed by atoms with Crippen molar-refractivity contribution in [1.82, 2.24) is 15.5 Å². The summed E-state index contributed by atoms with van der Waals surface area (Å²) in [4.78, 5) is 12.0. The summed E-state index contributed by atoms with van der Waals surface area (Å²) in [6.07, 6.45) is 1.97. The largest absolute Gasteiger partial charge is 0.348 e. The van der Waals surface area contributed by atoms with Crippen molar-refractivity contribution in [3.63, 3.8) is 0 Å². The number of H-pyrrole nitrogens is 1. The Labute approximate surface area is 130 Å². The first kappa shape index (κ1) is 18.0. The Hall–Kier alpha value is -1.08. The van der Waals surface area contributed by atoms with E-state index in [1.807, 2.05) is 27.7 Å². The van der Waals surface area contributed by atoms with Gasteiger partial charge in [0, 0.05) is 16.7 Å². The average Bonchev–Trinajstić information content (AvgIpc) is 2.71. The van der Waals surface area contributed by atoms with Crippen LogP contribution in [-0.2, 0) is 15.5 Å². The molecule has 0 saturated carbocycles. The van der Waals surface area contributed by atoms with Gasteiger partial charge in [-0.1, -0.05) is 27.2 Å². The van der Waals surface area contributed by atoms with Crippen molar-refractivity contribution >= 4 is 25.6 Å². The number of hydrogen-bond acceptors (Lipinski definition) is 4. The third-order valence-electron chi connectivity index (χ3n) is 2.95. The van der Waals surface area contributed by atoms with Crippen LogP contribution < -0.4 is 5.32 Å². The molecule has 1 atom stereocenters. The SMILES string of the molecule is CCCc1[nH]nc(C(=O)NC(C)CC(C)C)c1S(=O)(=O)Cl. The number of halogens is 1. The molecule has 1 aromatic heterocycles. The van der Waals surface area contributed by atoms with Crippen molar-refractivity contribution in [1.29, 1.82) is 0 Å². The van der Waals surface area contributed by atoms with Crippen LogP contribution in [0.25, 0.3) is 0 Å². The second-order valence-electron chi connectivity index (χ2n) is 5.57. The van der Waals surface area contributed by atoms with Crippen LogP contribution in [0, 0.1) is 5.92 Å². The summed E-state index contributed by atoms with van der Waals surface area (Å²) in [5.74, 6) is -0.104. The highest BCUT2D eigenvalue weighted by Crippen LogP contribution is 2.23. The Morgan fingerprint density at radius 2 is 2.00 bits per heavy atom. The number of amides is 1. The van der Waals surface area contributed by atoms with Gasteiger partial charge in [0.2, 0.25) is 0 Å². The van der Waals surface area contributed by atoms with Gasteiger partial charge in [-0.05, 0) is 25.7 Å². The van der Waals surface area contributed by atoms with Gasteiger partial charge in [0.05, 0.1) is 5.69 Å². The third kappa shape index (κ3) is 5.00. The monoisotopic (exact) mass is 335 g/mol. The quantitative estimate of drug-likeness (QED) is 0.749. The maximum Gasteiger partial charge on any atom is 0.273 e.